The second kappa shape index (κ2) is 4.85. The minimum Gasteiger partial charge on any atom is -0.397 e. The van der Waals surface area contributed by atoms with Gasteiger partial charge in [0, 0.05) is 12.2 Å². The second-order valence-electron chi connectivity index (χ2n) is 4.67. The molecular weight excluding hydrogens is 252 g/mol. The molecule has 0 atom stereocenters. The Balaban J connectivity index is 2.20. The summed E-state index contributed by atoms with van der Waals surface area (Å²) in [5, 5.41) is 7.87. The molecule has 0 fully saturated rings. The van der Waals surface area contributed by atoms with E-state index in [0.717, 1.165) is 17.9 Å². The van der Waals surface area contributed by atoms with Crippen LogP contribution in [-0.2, 0) is 0 Å². The number of hydrogen-bond donors (Lipinski definition) is 1. The van der Waals surface area contributed by atoms with Crippen molar-refractivity contribution in [3.05, 3.63) is 42.0 Å². The zero-order chi connectivity index (χ0) is 14.1. The zero-order valence-corrected chi connectivity index (χ0v) is 11.5. The Labute approximate surface area is 117 Å². The van der Waals surface area contributed by atoms with Gasteiger partial charge < -0.3 is 10.6 Å². The molecule has 0 bridgehead atoms. The third kappa shape index (κ3) is 1.87. The van der Waals surface area contributed by atoms with Gasteiger partial charge in [-0.15, -0.1) is 0 Å². The van der Waals surface area contributed by atoms with Crippen LogP contribution in [0.25, 0.3) is 11.0 Å². The lowest BCUT2D eigenvalue weighted by molar-refractivity contribution is 0.315. The maximum Gasteiger partial charge on any atom is 0.160 e. The predicted molar refractivity (Wildman–Crippen MR) is 80.1 cm³/mol. The molecule has 5 nitrogen and oxygen atoms in total. The van der Waals surface area contributed by atoms with E-state index in [-0.39, 0.29) is 0 Å². The number of aromatic nitrogens is 2. The number of nitrogen functional groups attached to an aromatic ring is 1. The van der Waals surface area contributed by atoms with E-state index in [1.807, 2.05) is 24.3 Å². The van der Waals surface area contributed by atoms with Crippen molar-refractivity contribution in [2.24, 2.45) is 0 Å². The van der Waals surface area contributed by atoms with Crippen LogP contribution >= 0.6 is 0 Å². The quantitative estimate of drug-likeness (QED) is 0.738. The number of para-hydroxylation sites is 1. The Morgan fingerprint density at radius 3 is 2.55 bits per heavy atom. The third-order valence-corrected chi connectivity index (χ3v) is 3.44. The van der Waals surface area contributed by atoms with Crippen LogP contribution < -0.4 is 10.6 Å². The lowest BCUT2D eigenvalue weighted by Gasteiger charge is -2.25. The van der Waals surface area contributed by atoms with Gasteiger partial charge in [0.15, 0.2) is 11.0 Å². The molecule has 2 N–H and O–H groups in total. The molecule has 0 radical (unpaired) electrons. The highest BCUT2D eigenvalue weighted by molar-refractivity contribution is 5.97. The van der Waals surface area contributed by atoms with Crippen molar-refractivity contribution in [2.45, 2.75) is 13.8 Å². The smallest absolute Gasteiger partial charge is 0.160 e. The molecule has 0 aliphatic heterocycles. The Kier molecular flexibility index (Phi) is 3.02. The number of fused-ring (bicyclic) bond motifs is 1. The summed E-state index contributed by atoms with van der Waals surface area (Å²) >= 11 is 0. The van der Waals surface area contributed by atoms with E-state index in [2.05, 4.69) is 41.2 Å². The topological polar surface area (TPSA) is 68.2 Å². The molecule has 0 spiro atoms. The Hall–Kier alpha value is -2.56. The number of benzene rings is 2. The summed E-state index contributed by atoms with van der Waals surface area (Å²) in [6.07, 6.45) is 0. The summed E-state index contributed by atoms with van der Waals surface area (Å²) in [4.78, 5) is 2.18. The van der Waals surface area contributed by atoms with Crippen LogP contribution in [0.1, 0.15) is 12.5 Å². The molecule has 0 unspecified atom stereocenters. The molecule has 3 aromatic rings. The SMILES string of the molecule is CCN(c1ccccc1C)c1ccc(N)c2nonc12. The van der Waals surface area contributed by atoms with Crippen molar-refractivity contribution < 1.29 is 4.63 Å². The standard InChI is InChI=1S/C15H16N4O/c1-3-19(12-7-5-4-6-10(12)2)13-9-8-11(16)14-15(13)18-20-17-14/h4-9H,3,16H2,1-2H3. The number of anilines is 3. The van der Waals surface area contributed by atoms with Crippen LogP contribution in [0.2, 0.25) is 0 Å². The highest BCUT2D eigenvalue weighted by Gasteiger charge is 2.17. The van der Waals surface area contributed by atoms with E-state index in [4.69, 9.17) is 10.4 Å². The van der Waals surface area contributed by atoms with Crippen molar-refractivity contribution in [2.75, 3.05) is 17.2 Å². The fourth-order valence-electron chi connectivity index (χ4n) is 2.43. The third-order valence-electron chi connectivity index (χ3n) is 3.44. The molecule has 0 saturated heterocycles. The minimum absolute atomic E-state index is 0.575. The summed E-state index contributed by atoms with van der Waals surface area (Å²) < 4.78 is 4.84. The molecular formula is C15H16N4O. The van der Waals surface area contributed by atoms with E-state index >= 15 is 0 Å². The summed E-state index contributed by atoms with van der Waals surface area (Å²) in [7, 11) is 0. The summed E-state index contributed by atoms with van der Waals surface area (Å²) in [6.45, 7) is 5.01. The average molecular weight is 268 g/mol. The Morgan fingerprint density at radius 1 is 1.05 bits per heavy atom. The summed E-state index contributed by atoms with van der Waals surface area (Å²) in [5.74, 6) is 0. The molecule has 1 heterocycles. The maximum absolute atomic E-state index is 5.90. The molecule has 5 heteroatoms. The Morgan fingerprint density at radius 2 is 1.80 bits per heavy atom. The minimum atomic E-state index is 0.575. The first-order chi connectivity index (χ1) is 9.72. The molecule has 0 amide bonds. The monoisotopic (exact) mass is 268 g/mol. The fraction of sp³-hybridized carbons (Fsp3) is 0.200. The van der Waals surface area contributed by atoms with Crippen molar-refractivity contribution in [3.63, 3.8) is 0 Å². The van der Waals surface area contributed by atoms with Gasteiger partial charge >= 0.3 is 0 Å². The molecule has 3 rings (SSSR count). The lowest BCUT2D eigenvalue weighted by Crippen LogP contribution is -2.17. The van der Waals surface area contributed by atoms with Gasteiger partial charge in [0.25, 0.3) is 0 Å². The van der Waals surface area contributed by atoms with Crippen molar-refractivity contribution >= 4 is 28.1 Å². The number of nitrogens with zero attached hydrogens (tertiary/aromatic N) is 3. The fourth-order valence-corrected chi connectivity index (χ4v) is 2.43. The van der Waals surface area contributed by atoms with E-state index in [1.165, 1.54) is 5.56 Å². The van der Waals surface area contributed by atoms with Gasteiger partial charge in [0.05, 0.1) is 11.4 Å². The first-order valence-corrected chi connectivity index (χ1v) is 6.56. The van der Waals surface area contributed by atoms with Gasteiger partial charge in [-0.05, 0) is 47.9 Å². The molecule has 1 aromatic heterocycles. The highest BCUT2D eigenvalue weighted by atomic mass is 16.6. The molecule has 0 aliphatic rings. The number of rotatable bonds is 3. The second-order valence-corrected chi connectivity index (χ2v) is 4.67. The molecule has 20 heavy (non-hydrogen) atoms. The summed E-state index contributed by atoms with van der Waals surface area (Å²) in [5.41, 5.74) is 11.1. The lowest BCUT2D eigenvalue weighted by atomic mass is 10.1. The molecule has 102 valence electrons. The molecule has 0 aliphatic carbocycles. The number of hydrogen-bond acceptors (Lipinski definition) is 5. The first-order valence-electron chi connectivity index (χ1n) is 6.56. The highest BCUT2D eigenvalue weighted by Crippen LogP contribution is 2.34. The van der Waals surface area contributed by atoms with Crippen molar-refractivity contribution in [3.8, 4) is 0 Å². The van der Waals surface area contributed by atoms with E-state index in [1.54, 1.807) is 0 Å². The van der Waals surface area contributed by atoms with Gasteiger partial charge in [0.1, 0.15) is 0 Å². The molecule has 2 aromatic carbocycles. The number of aryl methyl sites for hydroxylation is 1. The average Bonchev–Trinajstić information content (AvgIpc) is 2.94. The van der Waals surface area contributed by atoms with Crippen LogP contribution in [0, 0.1) is 6.92 Å². The van der Waals surface area contributed by atoms with Crippen molar-refractivity contribution in [1.82, 2.24) is 10.3 Å². The van der Waals surface area contributed by atoms with E-state index in [0.29, 0.717) is 16.7 Å². The van der Waals surface area contributed by atoms with Gasteiger partial charge in [-0.25, -0.2) is 4.63 Å². The first kappa shape index (κ1) is 12.5. The van der Waals surface area contributed by atoms with Gasteiger partial charge in [-0.2, -0.15) is 0 Å². The molecule has 0 saturated carbocycles. The van der Waals surface area contributed by atoms with E-state index < -0.39 is 0 Å². The largest absolute Gasteiger partial charge is 0.397 e. The number of nitrogens with two attached hydrogens (primary N) is 1. The van der Waals surface area contributed by atoms with Gasteiger partial charge in [-0.1, -0.05) is 18.2 Å². The Bertz CT molecular complexity index is 750. The van der Waals surface area contributed by atoms with Crippen LogP contribution in [0.4, 0.5) is 17.1 Å². The van der Waals surface area contributed by atoms with Crippen LogP contribution in [0.3, 0.4) is 0 Å². The van der Waals surface area contributed by atoms with E-state index in [9.17, 15) is 0 Å². The maximum atomic E-state index is 5.90. The zero-order valence-electron chi connectivity index (χ0n) is 11.5. The predicted octanol–water partition coefficient (Wildman–Crippen LogP) is 3.27. The normalized spacial score (nSPS) is 10.9. The van der Waals surface area contributed by atoms with Crippen molar-refractivity contribution in [1.29, 1.82) is 0 Å². The van der Waals surface area contributed by atoms with Gasteiger partial charge in [-0.3, -0.25) is 0 Å². The van der Waals surface area contributed by atoms with Crippen LogP contribution in [-0.4, -0.2) is 16.9 Å². The van der Waals surface area contributed by atoms with Crippen LogP contribution in [0.15, 0.2) is 41.0 Å². The van der Waals surface area contributed by atoms with Gasteiger partial charge in [0.2, 0.25) is 0 Å². The van der Waals surface area contributed by atoms with Crippen LogP contribution in [0.5, 0.6) is 0 Å². The summed E-state index contributed by atoms with van der Waals surface area (Å²) in [6, 6.07) is 12.0.